The fraction of sp³-hybridized carbons (Fsp3) is 0.360. The van der Waals surface area contributed by atoms with Gasteiger partial charge in [-0.1, -0.05) is 37.6 Å². The van der Waals surface area contributed by atoms with Gasteiger partial charge in [0, 0.05) is 23.7 Å². The Labute approximate surface area is 194 Å². The first-order valence-corrected chi connectivity index (χ1v) is 11.3. The van der Waals surface area contributed by atoms with Crippen LogP contribution in [0.25, 0.3) is 5.76 Å². The molecule has 170 valence electrons. The number of aliphatic hydroxyl groups excluding tert-OH is 1. The number of Topliss-reactive ketones (excluding diaryl/α,β-unsaturated/α-hetero) is 1. The Morgan fingerprint density at radius 2 is 1.66 bits per heavy atom. The molecule has 1 N–H and O–H groups in total. The molecule has 1 amide bonds. The third kappa shape index (κ3) is 4.97. The van der Waals surface area contributed by atoms with Crippen LogP contribution in [0.4, 0.5) is 0 Å². The molecule has 32 heavy (non-hydrogen) atoms. The van der Waals surface area contributed by atoms with E-state index in [0.29, 0.717) is 36.0 Å². The molecule has 6 nitrogen and oxygen atoms in total. The summed E-state index contributed by atoms with van der Waals surface area (Å²) in [6.45, 7) is 9.23. The number of carbonyl (C=O) groups is 2. The van der Waals surface area contributed by atoms with Crippen LogP contribution in [-0.2, 0) is 9.59 Å². The summed E-state index contributed by atoms with van der Waals surface area (Å²) in [5.74, 6) is -0.824. The number of halogens is 1. The lowest BCUT2D eigenvalue weighted by molar-refractivity contribution is -0.140. The molecule has 2 aromatic rings. The highest BCUT2D eigenvalue weighted by molar-refractivity contribution is 6.46. The average molecular weight is 457 g/mol. The first kappa shape index (κ1) is 23.8. The zero-order chi connectivity index (χ0) is 23.3. The predicted octanol–water partition coefficient (Wildman–Crippen LogP) is 4.50. The van der Waals surface area contributed by atoms with Gasteiger partial charge in [-0.2, -0.15) is 0 Å². The average Bonchev–Trinajstić information content (AvgIpc) is 3.05. The molecule has 0 saturated carbocycles. The Morgan fingerprint density at radius 1 is 1.03 bits per heavy atom. The zero-order valence-electron chi connectivity index (χ0n) is 18.7. The first-order chi connectivity index (χ1) is 15.4. The van der Waals surface area contributed by atoms with E-state index in [9.17, 15) is 14.7 Å². The highest BCUT2D eigenvalue weighted by atomic mass is 35.5. The maximum atomic E-state index is 13.1. The van der Waals surface area contributed by atoms with Gasteiger partial charge in [-0.15, -0.1) is 0 Å². The molecule has 0 bridgehead atoms. The molecule has 1 aliphatic heterocycles. The maximum Gasteiger partial charge on any atom is 0.295 e. The SMILES string of the molecule is CCOc1ccc(C(O)=C2C(=O)C(=O)N(CCN(CC)CC)[C@@H]2c2ccc(Cl)cc2)cc1. The first-order valence-electron chi connectivity index (χ1n) is 10.9. The number of amides is 1. The van der Waals surface area contributed by atoms with E-state index < -0.39 is 17.7 Å². The zero-order valence-corrected chi connectivity index (χ0v) is 19.4. The molecule has 7 heteroatoms. The number of aliphatic hydroxyl groups is 1. The fourth-order valence-electron chi connectivity index (χ4n) is 3.92. The van der Waals surface area contributed by atoms with Crippen molar-refractivity contribution >= 4 is 29.1 Å². The van der Waals surface area contributed by atoms with E-state index in [1.807, 2.05) is 6.92 Å². The van der Waals surface area contributed by atoms with Crippen molar-refractivity contribution in [3.8, 4) is 5.75 Å². The van der Waals surface area contributed by atoms with Crippen molar-refractivity contribution in [2.75, 3.05) is 32.8 Å². The minimum absolute atomic E-state index is 0.0843. The number of rotatable bonds is 9. The van der Waals surface area contributed by atoms with Crippen LogP contribution < -0.4 is 4.74 Å². The van der Waals surface area contributed by atoms with Crippen LogP contribution in [0.2, 0.25) is 5.02 Å². The number of likely N-dealkylation sites (tertiary alicyclic amines) is 1. The number of hydrogen-bond acceptors (Lipinski definition) is 5. The van der Waals surface area contributed by atoms with Gasteiger partial charge in [0.05, 0.1) is 18.2 Å². The molecule has 1 aliphatic rings. The van der Waals surface area contributed by atoms with E-state index in [1.165, 1.54) is 0 Å². The van der Waals surface area contributed by atoms with Crippen LogP contribution in [0.1, 0.15) is 37.9 Å². The number of benzene rings is 2. The molecule has 1 atom stereocenters. The molecule has 0 unspecified atom stereocenters. The lowest BCUT2D eigenvalue weighted by Gasteiger charge is -2.28. The van der Waals surface area contributed by atoms with Crippen LogP contribution in [0.5, 0.6) is 5.75 Å². The smallest absolute Gasteiger partial charge is 0.295 e. The monoisotopic (exact) mass is 456 g/mol. The lowest BCUT2D eigenvalue weighted by Crippen LogP contribution is -2.38. The van der Waals surface area contributed by atoms with Crippen molar-refractivity contribution in [2.24, 2.45) is 0 Å². The van der Waals surface area contributed by atoms with E-state index in [2.05, 4.69) is 18.7 Å². The second kappa shape index (κ2) is 10.7. The van der Waals surface area contributed by atoms with Crippen molar-refractivity contribution in [3.63, 3.8) is 0 Å². The molecule has 0 radical (unpaired) electrons. The molecule has 2 aromatic carbocycles. The topological polar surface area (TPSA) is 70.1 Å². The van der Waals surface area contributed by atoms with Crippen LogP contribution in [-0.4, -0.2) is 59.4 Å². The molecule has 0 aromatic heterocycles. The van der Waals surface area contributed by atoms with Gasteiger partial charge in [0.25, 0.3) is 11.7 Å². The number of carbonyl (C=O) groups excluding carboxylic acids is 2. The second-order valence-corrected chi connectivity index (χ2v) is 7.96. The van der Waals surface area contributed by atoms with E-state index in [0.717, 1.165) is 18.7 Å². The Balaban J connectivity index is 2.05. The molecule has 1 heterocycles. The van der Waals surface area contributed by atoms with E-state index >= 15 is 0 Å². The highest BCUT2D eigenvalue weighted by Gasteiger charge is 2.45. The van der Waals surface area contributed by atoms with Gasteiger partial charge in [-0.3, -0.25) is 9.59 Å². The number of ether oxygens (including phenoxy) is 1. The Morgan fingerprint density at radius 3 is 2.22 bits per heavy atom. The van der Waals surface area contributed by atoms with Crippen LogP contribution in [0.3, 0.4) is 0 Å². The molecule has 3 rings (SSSR count). The maximum absolute atomic E-state index is 13.1. The van der Waals surface area contributed by atoms with E-state index in [-0.39, 0.29) is 11.3 Å². The highest BCUT2D eigenvalue weighted by Crippen LogP contribution is 2.39. The predicted molar refractivity (Wildman–Crippen MR) is 126 cm³/mol. The van der Waals surface area contributed by atoms with Crippen molar-refractivity contribution in [1.29, 1.82) is 0 Å². The fourth-order valence-corrected chi connectivity index (χ4v) is 4.05. The third-order valence-corrected chi connectivity index (χ3v) is 5.97. The Bertz CT molecular complexity index is 982. The van der Waals surface area contributed by atoms with Gasteiger partial charge in [-0.05, 0) is 62.0 Å². The number of ketones is 1. The molecule has 1 fully saturated rings. The van der Waals surface area contributed by atoms with E-state index in [4.69, 9.17) is 16.3 Å². The standard InChI is InChI=1S/C25H29ClN2O4/c1-4-27(5-2)15-16-28-22(17-7-11-19(26)12-8-17)21(24(30)25(28)31)23(29)18-9-13-20(14-10-18)32-6-3/h7-14,22,29H,4-6,15-16H2,1-3H3/t22-/m1/s1. The van der Waals surface area contributed by atoms with Crippen LogP contribution >= 0.6 is 11.6 Å². The van der Waals surface area contributed by atoms with Gasteiger partial charge in [0.15, 0.2) is 0 Å². The second-order valence-electron chi connectivity index (χ2n) is 7.53. The van der Waals surface area contributed by atoms with Gasteiger partial charge < -0.3 is 19.6 Å². The van der Waals surface area contributed by atoms with Gasteiger partial charge in [0.2, 0.25) is 0 Å². The molecule has 0 spiro atoms. The van der Waals surface area contributed by atoms with Gasteiger partial charge in [0.1, 0.15) is 11.5 Å². The summed E-state index contributed by atoms with van der Waals surface area (Å²) < 4.78 is 5.45. The summed E-state index contributed by atoms with van der Waals surface area (Å²) in [6, 6.07) is 13.2. The lowest BCUT2D eigenvalue weighted by atomic mass is 9.95. The van der Waals surface area contributed by atoms with Crippen molar-refractivity contribution in [1.82, 2.24) is 9.80 Å². The summed E-state index contributed by atoms with van der Waals surface area (Å²) in [4.78, 5) is 29.8. The third-order valence-electron chi connectivity index (χ3n) is 5.72. The largest absolute Gasteiger partial charge is 0.507 e. The Kier molecular flexibility index (Phi) is 7.94. The van der Waals surface area contributed by atoms with Crippen molar-refractivity contribution in [2.45, 2.75) is 26.8 Å². The number of hydrogen-bond donors (Lipinski definition) is 1. The van der Waals surface area contributed by atoms with Crippen LogP contribution in [0, 0.1) is 0 Å². The van der Waals surface area contributed by atoms with Gasteiger partial charge in [-0.25, -0.2) is 0 Å². The summed E-state index contributed by atoms with van der Waals surface area (Å²) in [5, 5.41) is 11.7. The minimum atomic E-state index is -0.686. The summed E-state index contributed by atoms with van der Waals surface area (Å²) >= 11 is 6.06. The summed E-state index contributed by atoms with van der Waals surface area (Å²) in [7, 11) is 0. The number of nitrogens with zero attached hydrogens (tertiary/aromatic N) is 2. The molecule has 1 saturated heterocycles. The van der Waals surface area contributed by atoms with Crippen LogP contribution in [0.15, 0.2) is 54.1 Å². The van der Waals surface area contributed by atoms with Gasteiger partial charge >= 0.3 is 0 Å². The molecular weight excluding hydrogens is 428 g/mol. The molecular formula is C25H29ClN2O4. The minimum Gasteiger partial charge on any atom is -0.507 e. The summed E-state index contributed by atoms with van der Waals surface area (Å²) in [6.07, 6.45) is 0. The normalized spacial score (nSPS) is 17.9. The molecule has 0 aliphatic carbocycles. The quantitative estimate of drug-likeness (QED) is 0.341. The van der Waals surface area contributed by atoms with E-state index in [1.54, 1.807) is 53.4 Å². The number of likely N-dealkylation sites (N-methyl/N-ethyl adjacent to an activating group) is 1. The van der Waals surface area contributed by atoms with Crippen molar-refractivity contribution in [3.05, 3.63) is 70.3 Å². The Hall–Kier alpha value is -2.83. The summed E-state index contributed by atoms with van der Waals surface area (Å²) in [5.41, 5.74) is 1.26. The van der Waals surface area contributed by atoms with Crippen molar-refractivity contribution < 1.29 is 19.4 Å².